The highest BCUT2D eigenvalue weighted by Crippen LogP contribution is 2.29. The minimum absolute atomic E-state index is 0.161. The zero-order valence-corrected chi connectivity index (χ0v) is 15.7. The lowest BCUT2D eigenvalue weighted by Gasteiger charge is -2.28. The SMILES string of the molecule is C[C@@H](Sc1nn(-c2ccc(F)cc2)c(=S)s1)C(=O)N1CCCCC1. The van der Waals surface area contributed by atoms with Gasteiger partial charge in [-0.25, -0.2) is 9.07 Å². The molecule has 0 saturated carbocycles. The molecule has 3 rings (SSSR count). The van der Waals surface area contributed by atoms with Crippen LogP contribution in [0.2, 0.25) is 0 Å². The third kappa shape index (κ3) is 4.04. The molecular formula is C16H18FN3OS3. The van der Waals surface area contributed by atoms with Crippen LogP contribution in [0.15, 0.2) is 28.6 Å². The summed E-state index contributed by atoms with van der Waals surface area (Å²) < 4.78 is 16.0. The Hall–Kier alpha value is -1.25. The largest absolute Gasteiger partial charge is 0.342 e. The molecule has 1 aliphatic rings. The Balaban J connectivity index is 1.71. The Morgan fingerprint density at radius 1 is 1.29 bits per heavy atom. The van der Waals surface area contributed by atoms with E-state index in [0.29, 0.717) is 3.95 Å². The van der Waals surface area contributed by atoms with Crippen LogP contribution < -0.4 is 0 Å². The Morgan fingerprint density at radius 2 is 1.96 bits per heavy atom. The van der Waals surface area contributed by atoms with Gasteiger partial charge in [0.1, 0.15) is 5.82 Å². The van der Waals surface area contributed by atoms with Gasteiger partial charge in [-0.15, -0.1) is 5.10 Å². The van der Waals surface area contributed by atoms with E-state index >= 15 is 0 Å². The van der Waals surface area contributed by atoms with Crippen molar-refractivity contribution in [2.24, 2.45) is 0 Å². The summed E-state index contributed by atoms with van der Waals surface area (Å²) in [6.45, 7) is 3.61. The number of halogens is 1. The number of piperidine rings is 1. The van der Waals surface area contributed by atoms with Crippen LogP contribution in [-0.2, 0) is 4.79 Å². The van der Waals surface area contributed by atoms with Crippen molar-refractivity contribution in [3.05, 3.63) is 34.0 Å². The second-order valence-corrected chi connectivity index (χ2v) is 8.88. The maximum atomic E-state index is 13.0. The molecular weight excluding hydrogens is 365 g/mol. The Labute approximate surface area is 153 Å². The van der Waals surface area contributed by atoms with Crippen LogP contribution in [0.3, 0.4) is 0 Å². The number of aromatic nitrogens is 2. The average molecular weight is 384 g/mol. The van der Waals surface area contributed by atoms with Gasteiger partial charge in [0.25, 0.3) is 0 Å². The molecule has 1 atom stereocenters. The number of hydrogen-bond donors (Lipinski definition) is 0. The number of rotatable bonds is 4. The van der Waals surface area contributed by atoms with Crippen molar-refractivity contribution in [3.63, 3.8) is 0 Å². The van der Waals surface area contributed by atoms with E-state index in [1.807, 2.05) is 11.8 Å². The predicted molar refractivity (Wildman–Crippen MR) is 98.0 cm³/mol. The van der Waals surface area contributed by atoms with E-state index in [9.17, 15) is 9.18 Å². The molecule has 2 aromatic rings. The van der Waals surface area contributed by atoms with E-state index < -0.39 is 0 Å². The number of likely N-dealkylation sites (tertiary alicyclic amines) is 1. The lowest BCUT2D eigenvalue weighted by Crippen LogP contribution is -2.40. The van der Waals surface area contributed by atoms with Crippen LogP contribution in [0.5, 0.6) is 0 Å². The van der Waals surface area contributed by atoms with Crippen molar-refractivity contribution in [3.8, 4) is 5.69 Å². The molecule has 2 heterocycles. The summed E-state index contributed by atoms with van der Waals surface area (Å²) in [5.74, 6) is -0.134. The summed E-state index contributed by atoms with van der Waals surface area (Å²) >= 11 is 8.15. The summed E-state index contributed by atoms with van der Waals surface area (Å²) in [7, 11) is 0. The number of amides is 1. The Kier molecular flexibility index (Phi) is 5.68. The normalized spacial score (nSPS) is 16.2. The molecule has 0 aliphatic carbocycles. The van der Waals surface area contributed by atoms with Crippen molar-refractivity contribution in [2.45, 2.75) is 35.8 Å². The molecule has 1 saturated heterocycles. The lowest BCUT2D eigenvalue weighted by molar-refractivity contribution is -0.131. The van der Waals surface area contributed by atoms with Gasteiger partial charge in [-0.1, -0.05) is 23.1 Å². The van der Waals surface area contributed by atoms with Gasteiger partial charge in [-0.2, -0.15) is 0 Å². The van der Waals surface area contributed by atoms with Crippen LogP contribution >= 0.6 is 35.3 Å². The first-order valence-electron chi connectivity index (χ1n) is 7.86. The number of carbonyl (C=O) groups is 1. The summed E-state index contributed by atoms with van der Waals surface area (Å²) in [5.41, 5.74) is 0.722. The van der Waals surface area contributed by atoms with E-state index in [1.54, 1.807) is 16.8 Å². The zero-order chi connectivity index (χ0) is 17.1. The minimum atomic E-state index is -0.296. The second-order valence-electron chi connectivity index (χ2n) is 5.67. The molecule has 0 N–H and O–H groups in total. The fourth-order valence-corrected chi connectivity index (χ4v) is 5.22. The number of benzene rings is 1. The van der Waals surface area contributed by atoms with Gasteiger partial charge >= 0.3 is 0 Å². The first kappa shape index (κ1) is 17.6. The number of nitrogens with zero attached hydrogens (tertiary/aromatic N) is 3. The summed E-state index contributed by atoms with van der Waals surface area (Å²) in [6, 6.07) is 6.04. The topological polar surface area (TPSA) is 38.1 Å². The number of thioether (sulfide) groups is 1. The molecule has 1 aromatic heterocycles. The van der Waals surface area contributed by atoms with Gasteiger partial charge in [0.15, 0.2) is 8.29 Å². The van der Waals surface area contributed by atoms with Crippen molar-refractivity contribution in [1.82, 2.24) is 14.7 Å². The van der Waals surface area contributed by atoms with E-state index in [0.717, 1.165) is 36.0 Å². The molecule has 24 heavy (non-hydrogen) atoms. The van der Waals surface area contributed by atoms with Gasteiger partial charge in [-0.05, 0) is 62.7 Å². The number of carbonyl (C=O) groups excluding carboxylic acids is 1. The average Bonchev–Trinajstić information content (AvgIpc) is 2.96. The molecule has 1 aromatic carbocycles. The summed E-state index contributed by atoms with van der Waals surface area (Å²) in [6.07, 6.45) is 3.37. The highest BCUT2D eigenvalue weighted by atomic mass is 32.2. The van der Waals surface area contributed by atoms with Crippen molar-refractivity contribution in [2.75, 3.05) is 13.1 Å². The van der Waals surface area contributed by atoms with Crippen LogP contribution in [0.1, 0.15) is 26.2 Å². The molecule has 8 heteroatoms. The molecule has 1 fully saturated rings. The number of hydrogen-bond acceptors (Lipinski definition) is 5. The second kappa shape index (κ2) is 7.76. The van der Waals surface area contributed by atoms with Crippen molar-refractivity contribution < 1.29 is 9.18 Å². The fraction of sp³-hybridized carbons (Fsp3) is 0.438. The third-order valence-electron chi connectivity index (χ3n) is 3.89. The summed E-state index contributed by atoms with van der Waals surface area (Å²) in [5, 5.41) is 4.29. The quantitative estimate of drug-likeness (QED) is 0.583. The zero-order valence-electron chi connectivity index (χ0n) is 13.3. The minimum Gasteiger partial charge on any atom is -0.342 e. The Bertz CT molecular complexity index is 766. The molecule has 1 aliphatic heterocycles. The van der Waals surface area contributed by atoms with Gasteiger partial charge in [0, 0.05) is 13.1 Å². The first-order valence-corrected chi connectivity index (χ1v) is 9.96. The van der Waals surface area contributed by atoms with Crippen molar-refractivity contribution >= 4 is 41.2 Å². The molecule has 0 unspecified atom stereocenters. The fourth-order valence-electron chi connectivity index (χ4n) is 2.63. The van der Waals surface area contributed by atoms with Gasteiger partial charge in [0.2, 0.25) is 5.91 Å². The molecule has 0 radical (unpaired) electrons. The van der Waals surface area contributed by atoms with Gasteiger partial charge < -0.3 is 4.90 Å². The maximum absolute atomic E-state index is 13.0. The molecule has 4 nitrogen and oxygen atoms in total. The third-order valence-corrected chi connectivity index (χ3v) is 6.30. The van der Waals surface area contributed by atoms with Crippen LogP contribution in [0, 0.1) is 9.77 Å². The first-order chi connectivity index (χ1) is 11.5. The standard InChI is InChI=1S/C16H18FN3OS3/c1-11(14(21)19-9-3-2-4-10-19)23-15-18-20(16(22)24-15)13-7-5-12(17)6-8-13/h5-8,11H,2-4,9-10H2,1H3/t11-/m1/s1. The molecule has 128 valence electrons. The van der Waals surface area contributed by atoms with Crippen LogP contribution in [0.4, 0.5) is 4.39 Å². The van der Waals surface area contributed by atoms with E-state index in [4.69, 9.17) is 12.2 Å². The smallest absolute Gasteiger partial charge is 0.235 e. The van der Waals surface area contributed by atoms with E-state index in [-0.39, 0.29) is 17.0 Å². The molecule has 1 amide bonds. The van der Waals surface area contributed by atoms with Crippen LogP contribution in [-0.4, -0.2) is 38.9 Å². The van der Waals surface area contributed by atoms with E-state index in [1.165, 1.54) is 41.7 Å². The highest BCUT2D eigenvalue weighted by molar-refractivity contribution is 8.02. The van der Waals surface area contributed by atoms with Gasteiger partial charge in [-0.3, -0.25) is 4.79 Å². The van der Waals surface area contributed by atoms with Crippen LogP contribution in [0.25, 0.3) is 5.69 Å². The molecule has 0 bridgehead atoms. The monoisotopic (exact) mass is 383 g/mol. The van der Waals surface area contributed by atoms with Crippen molar-refractivity contribution in [1.29, 1.82) is 0 Å². The Morgan fingerprint density at radius 3 is 2.62 bits per heavy atom. The predicted octanol–water partition coefficient (Wildman–Crippen LogP) is 4.30. The van der Waals surface area contributed by atoms with E-state index in [2.05, 4.69) is 5.10 Å². The van der Waals surface area contributed by atoms with Gasteiger partial charge in [0.05, 0.1) is 10.9 Å². The highest BCUT2D eigenvalue weighted by Gasteiger charge is 2.24. The summed E-state index contributed by atoms with van der Waals surface area (Å²) in [4.78, 5) is 14.5. The lowest BCUT2D eigenvalue weighted by atomic mass is 10.1. The maximum Gasteiger partial charge on any atom is 0.235 e. The molecule has 0 spiro atoms.